The molecule has 0 unspecified atom stereocenters. The van der Waals surface area contributed by atoms with Crippen LogP contribution in [0.1, 0.15) is 16.3 Å². The van der Waals surface area contributed by atoms with Crippen molar-refractivity contribution in [1.29, 1.82) is 0 Å². The van der Waals surface area contributed by atoms with E-state index < -0.39 is 5.97 Å². The first kappa shape index (κ1) is 9.45. The number of fused-ring (bicyclic) bond motifs is 1. The van der Waals surface area contributed by atoms with E-state index in [1.807, 2.05) is 0 Å². The van der Waals surface area contributed by atoms with Crippen LogP contribution in [-0.4, -0.2) is 27.7 Å². The van der Waals surface area contributed by atoms with Gasteiger partial charge >= 0.3 is 5.97 Å². The molecule has 0 radical (unpaired) electrons. The third-order valence-electron chi connectivity index (χ3n) is 2.03. The average molecular weight is 207 g/mol. The van der Waals surface area contributed by atoms with Crippen molar-refractivity contribution in [3.63, 3.8) is 0 Å². The Morgan fingerprint density at radius 1 is 1.53 bits per heavy atom. The summed E-state index contributed by atoms with van der Waals surface area (Å²) >= 11 is 0. The van der Waals surface area contributed by atoms with Gasteiger partial charge in [-0.2, -0.15) is 5.10 Å². The van der Waals surface area contributed by atoms with E-state index in [1.165, 1.54) is 23.8 Å². The van der Waals surface area contributed by atoms with Crippen molar-refractivity contribution in [2.24, 2.45) is 0 Å². The summed E-state index contributed by atoms with van der Waals surface area (Å²) in [5.74, 6) is -0.0821. The number of rotatable bonds is 1. The molecular weight excluding hydrogens is 198 g/mol. The fraction of sp³-hybridized carbons (Fsp3) is 0.222. The van der Waals surface area contributed by atoms with E-state index in [2.05, 4.69) is 14.8 Å². The molecule has 2 aromatic rings. The molecular formula is C9H9N3O3. The molecule has 6 heteroatoms. The highest BCUT2D eigenvalue weighted by Gasteiger charge is 2.13. The van der Waals surface area contributed by atoms with Gasteiger partial charge in [-0.25, -0.2) is 9.31 Å². The number of aromatic nitrogens is 3. The average Bonchev–Trinajstić information content (AvgIpc) is 2.60. The molecule has 0 saturated heterocycles. The summed E-state index contributed by atoms with van der Waals surface area (Å²) in [6.07, 6.45) is 0. The normalized spacial score (nSPS) is 10.5. The van der Waals surface area contributed by atoms with Crippen molar-refractivity contribution in [3.8, 4) is 0 Å². The number of aromatic amines is 1. The van der Waals surface area contributed by atoms with Crippen LogP contribution in [0.5, 0.6) is 0 Å². The zero-order valence-electron chi connectivity index (χ0n) is 8.27. The first-order chi connectivity index (χ1) is 7.13. The van der Waals surface area contributed by atoms with E-state index in [0.29, 0.717) is 11.3 Å². The highest BCUT2D eigenvalue weighted by molar-refractivity contribution is 5.88. The van der Waals surface area contributed by atoms with Gasteiger partial charge in [-0.05, 0) is 19.1 Å². The van der Waals surface area contributed by atoms with Gasteiger partial charge in [0, 0.05) is 0 Å². The Morgan fingerprint density at radius 2 is 2.27 bits per heavy atom. The van der Waals surface area contributed by atoms with E-state index in [9.17, 15) is 9.59 Å². The molecule has 2 aromatic heterocycles. The van der Waals surface area contributed by atoms with Crippen LogP contribution in [0.25, 0.3) is 5.52 Å². The summed E-state index contributed by atoms with van der Waals surface area (Å²) < 4.78 is 5.85. The van der Waals surface area contributed by atoms with Crippen LogP contribution in [0.4, 0.5) is 0 Å². The topological polar surface area (TPSA) is 76.5 Å². The molecule has 0 atom stereocenters. The summed E-state index contributed by atoms with van der Waals surface area (Å²) in [5, 5.41) is 4.03. The summed E-state index contributed by atoms with van der Waals surface area (Å²) in [6, 6.07) is 3.03. The van der Waals surface area contributed by atoms with E-state index in [1.54, 1.807) is 6.92 Å². The molecule has 0 amide bonds. The molecule has 6 nitrogen and oxygen atoms in total. The van der Waals surface area contributed by atoms with Gasteiger partial charge < -0.3 is 9.72 Å². The number of methoxy groups -OCH3 is 1. The second-order valence-corrected chi connectivity index (χ2v) is 3.05. The zero-order chi connectivity index (χ0) is 11.0. The lowest BCUT2D eigenvalue weighted by atomic mass is 10.4. The van der Waals surface area contributed by atoms with Crippen molar-refractivity contribution in [1.82, 2.24) is 14.6 Å². The Balaban J connectivity index is 2.80. The lowest BCUT2D eigenvalue weighted by molar-refractivity contribution is 0.0591. The lowest BCUT2D eigenvalue weighted by Gasteiger charge is -2.00. The van der Waals surface area contributed by atoms with Crippen LogP contribution in [-0.2, 0) is 4.74 Å². The largest absolute Gasteiger partial charge is 0.464 e. The predicted molar refractivity (Wildman–Crippen MR) is 51.9 cm³/mol. The van der Waals surface area contributed by atoms with E-state index >= 15 is 0 Å². The van der Waals surface area contributed by atoms with Gasteiger partial charge in [-0.3, -0.25) is 4.79 Å². The Labute approximate surface area is 84.5 Å². The summed E-state index contributed by atoms with van der Waals surface area (Å²) in [6.45, 7) is 1.64. The number of H-pyrrole nitrogens is 1. The second-order valence-electron chi connectivity index (χ2n) is 3.05. The van der Waals surface area contributed by atoms with Crippen LogP contribution >= 0.6 is 0 Å². The summed E-state index contributed by atoms with van der Waals surface area (Å²) in [4.78, 5) is 25.3. The molecule has 15 heavy (non-hydrogen) atoms. The van der Waals surface area contributed by atoms with Crippen LogP contribution in [0.2, 0.25) is 0 Å². The van der Waals surface area contributed by atoms with Crippen molar-refractivity contribution in [3.05, 3.63) is 34.0 Å². The smallest absolute Gasteiger partial charge is 0.356 e. The molecule has 0 bridgehead atoms. The quantitative estimate of drug-likeness (QED) is 0.674. The molecule has 1 N–H and O–H groups in total. The number of esters is 1. The SMILES string of the molecule is COC(=O)c1ccc2c(=O)[nH]c(C)nn12. The first-order valence-corrected chi connectivity index (χ1v) is 4.30. The van der Waals surface area contributed by atoms with Gasteiger partial charge in [0.15, 0.2) is 5.69 Å². The maximum absolute atomic E-state index is 11.5. The van der Waals surface area contributed by atoms with Crippen molar-refractivity contribution in [2.75, 3.05) is 7.11 Å². The highest BCUT2D eigenvalue weighted by atomic mass is 16.5. The number of aryl methyl sites for hydroxylation is 1. The van der Waals surface area contributed by atoms with Gasteiger partial charge in [-0.1, -0.05) is 0 Å². The molecule has 0 spiro atoms. The molecule has 0 aliphatic heterocycles. The standard InChI is InChI=1S/C9H9N3O3/c1-5-10-8(13)6-3-4-7(9(14)15-2)12(6)11-5/h3-4H,1-2H3,(H,10,11,13). The monoisotopic (exact) mass is 207 g/mol. The van der Waals surface area contributed by atoms with Crippen LogP contribution in [0.3, 0.4) is 0 Å². The van der Waals surface area contributed by atoms with Gasteiger partial charge in [0.2, 0.25) is 0 Å². The van der Waals surface area contributed by atoms with Gasteiger partial charge in [0.05, 0.1) is 7.11 Å². The number of nitrogens with one attached hydrogen (secondary N) is 1. The predicted octanol–water partition coefficient (Wildman–Crippen LogP) is 0.118. The van der Waals surface area contributed by atoms with E-state index in [-0.39, 0.29) is 11.3 Å². The molecule has 0 aliphatic rings. The third-order valence-corrected chi connectivity index (χ3v) is 2.03. The van der Waals surface area contributed by atoms with E-state index in [0.717, 1.165) is 0 Å². The fourth-order valence-electron chi connectivity index (χ4n) is 1.37. The molecule has 0 aliphatic carbocycles. The van der Waals surface area contributed by atoms with Crippen molar-refractivity contribution < 1.29 is 9.53 Å². The zero-order valence-corrected chi connectivity index (χ0v) is 8.27. The van der Waals surface area contributed by atoms with Crippen molar-refractivity contribution in [2.45, 2.75) is 6.92 Å². The Morgan fingerprint density at radius 3 is 2.93 bits per heavy atom. The highest BCUT2D eigenvalue weighted by Crippen LogP contribution is 2.05. The van der Waals surface area contributed by atoms with Crippen LogP contribution in [0, 0.1) is 6.92 Å². The molecule has 0 fully saturated rings. The maximum atomic E-state index is 11.5. The van der Waals surface area contributed by atoms with Gasteiger partial charge in [0.1, 0.15) is 11.3 Å². The fourth-order valence-corrected chi connectivity index (χ4v) is 1.37. The number of nitrogens with zero attached hydrogens (tertiary/aromatic N) is 2. The minimum absolute atomic E-state index is 0.238. The van der Waals surface area contributed by atoms with Crippen LogP contribution in [0.15, 0.2) is 16.9 Å². The Bertz CT molecular complexity index is 582. The molecule has 2 rings (SSSR count). The molecule has 0 saturated carbocycles. The minimum atomic E-state index is -0.521. The Kier molecular flexibility index (Phi) is 2.03. The number of carbonyl (C=O) groups excluding carboxylic acids is 1. The van der Waals surface area contributed by atoms with E-state index in [4.69, 9.17) is 0 Å². The number of carbonyl (C=O) groups is 1. The molecule has 0 aromatic carbocycles. The van der Waals surface area contributed by atoms with Gasteiger partial charge in [-0.15, -0.1) is 0 Å². The van der Waals surface area contributed by atoms with Crippen LogP contribution < -0.4 is 5.56 Å². The molecule has 78 valence electrons. The number of hydrogen-bond donors (Lipinski definition) is 1. The first-order valence-electron chi connectivity index (χ1n) is 4.30. The third kappa shape index (κ3) is 1.39. The maximum Gasteiger partial charge on any atom is 0.356 e. The molecule has 2 heterocycles. The second kappa shape index (κ2) is 3.23. The lowest BCUT2D eigenvalue weighted by Crippen LogP contribution is -2.16. The minimum Gasteiger partial charge on any atom is -0.464 e. The van der Waals surface area contributed by atoms with Crippen molar-refractivity contribution >= 4 is 11.5 Å². The number of hydrogen-bond acceptors (Lipinski definition) is 4. The number of ether oxygens (including phenoxy) is 1. The van der Waals surface area contributed by atoms with Gasteiger partial charge in [0.25, 0.3) is 5.56 Å². The Hall–Kier alpha value is -2.11. The summed E-state index contributed by atoms with van der Waals surface area (Å²) in [7, 11) is 1.28. The summed E-state index contributed by atoms with van der Waals surface area (Å²) in [5.41, 5.74) is 0.278.